The zero-order chi connectivity index (χ0) is 18.4. The summed E-state index contributed by atoms with van der Waals surface area (Å²) in [5.74, 6) is -2.64. The van der Waals surface area contributed by atoms with E-state index in [0.29, 0.717) is 30.8 Å². The highest BCUT2D eigenvalue weighted by Crippen LogP contribution is 2.21. The number of nitrogens with zero attached hydrogens (tertiary/aromatic N) is 2. The highest BCUT2D eigenvalue weighted by molar-refractivity contribution is 7.12. The van der Waals surface area contributed by atoms with Gasteiger partial charge >= 0.3 is 5.97 Å². The topological polar surface area (TPSA) is 111 Å². The van der Waals surface area contributed by atoms with Gasteiger partial charge in [-0.25, -0.2) is 0 Å². The van der Waals surface area contributed by atoms with Crippen LogP contribution >= 0.6 is 11.3 Å². The molecule has 25 heavy (non-hydrogen) atoms. The molecule has 1 aliphatic heterocycles. The Labute approximate surface area is 149 Å². The second kappa shape index (κ2) is 8.53. The first kappa shape index (κ1) is 18.8. The van der Waals surface area contributed by atoms with E-state index in [1.54, 1.807) is 17.0 Å². The van der Waals surface area contributed by atoms with Gasteiger partial charge in [-0.3, -0.25) is 14.4 Å². The second-order valence-corrected chi connectivity index (χ2v) is 6.81. The van der Waals surface area contributed by atoms with Crippen LogP contribution in [0.3, 0.4) is 0 Å². The van der Waals surface area contributed by atoms with E-state index >= 15 is 0 Å². The van der Waals surface area contributed by atoms with Crippen molar-refractivity contribution in [2.75, 3.05) is 19.7 Å². The molecule has 0 aliphatic carbocycles. The molecule has 0 radical (unpaired) electrons. The van der Waals surface area contributed by atoms with Gasteiger partial charge in [0.2, 0.25) is 0 Å². The molecule has 8 heteroatoms. The van der Waals surface area contributed by atoms with Gasteiger partial charge in [-0.15, -0.1) is 11.3 Å². The number of Topliss-reactive ketones (excluding diaryl/α,β-unsaturated/α-hetero) is 1. The van der Waals surface area contributed by atoms with E-state index in [4.69, 9.17) is 15.4 Å². The average molecular weight is 361 g/mol. The molecule has 0 bridgehead atoms. The van der Waals surface area contributed by atoms with Crippen molar-refractivity contribution in [1.29, 1.82) is 10.7 Å². The Kier molecular flexibility index (Phi) is 6.42. The zero-order valence-corrected chi connectivity index (χ0v) is 14.7. The maximum atomic E-state index is 12.2. The van der Waals surface area contributed by atoms with Crippen molar-refractivity contribution < 1.29 is 19.1 Å². The number of rotatable bonds is 6. The Balaban J connectivity index is 1.79. The third-order valence-electron chi connectivity index (χ3n) is 4.09. The summed E-state index contributed by atoms with van der Waals surface area (Å²) < 4.78 is 5.01. The summed E-state index contributed by atoms with van der Waals surface area (Å²) in [7, 11) is 0. The van der Waals surface area contributed by atoms with E-state index in [2.05, 4.69) is 0 Å². The van der Waals surface area contributed by atoms with E-state index in [1.807, 2.05) is 11.4 Å². The van der Waals surface area contributed by atoms with E-state index in [0.717, 1.165) is 0 Å². The molecule has 1 amide bonds. The molecule has 1 aromatic heterocycles. The molecule has 1 atom stereocenters. The highest BCUT2D eigenvalue weighted by Gasteiger charge is 2.30. The molecular formula is C17H19N3O4S. The van der Waals surface area contributed by atoms with Crippen molar-refractivity contribution in [2.24, 2.45) is 11.8 Å². The number of ketones is 1. The van der Waals surface area contributed by atoms with Crippen LogP contribution in [0.1, 0.15) is 29.4 Å². The number of likely N-dealkylation sites (tertiary alicyclic amines) is 1. The Morgan fingerprint density at radius 2 is 2.12 bits per heavy atom. The number of ether oxygens (including phenoxy) is 1. The van der Waals surface area contributed by atoms with Crippen LogP contribution in [-0.4, -0.2) is 48.0 Å². The summed E-state index contributed by atoms with van der Waals surface area (Å²) in [5, 5.41) is 18.1. The van der Waals surface area contributed by atoms with E-state index < -0.39 is 24.3 Å². The Morgan fingerprint density at radius 3 is 2.64 bits per heavy atom. The van der Waals surface area contributed by atoms with Crippen molar-refractivity contribution in [3.63, 3.8) is 0 Å². The first-order chi connectivity index (χ1) is 11.9. The van der Waals surface area contributed by atoms with Gasteiger partial charge in [0.15, 0.2) is 12.4 Å². The summed E-state index contributed by atoms with van der Waals surface area (Å²) in [6.07, 6.45) is 0.963. The van der Waals surface area contributed by atoms with Crippen LogP contribution in [0.15, 0.2) is 17.5 Å². The Morgan fingerprint density at radius 1 is 1.44 bits per heavy atom. The number of nitrogens with one attached hydrogen (secondary N) is 1. The molecule has 0 aromatic carbocycles. The number of carbonyl (C=O) groups is 3. The van der Waals surface area contributed by atoms with E-state index in [9.17, 15) is 14.4 Å². The van der Waals surface area contributed by atoms with Crippen LogP contribution in [-0.2, 0) is 14.3 Å². The minimum absolute atomic E-state index is 0.0321. The normalized spacial score (nSPS) is 15.9. The van der Waals surface area contributed by atoms with Crippen molar-refractivity contribution in [3.05, 3.63) is 22.4 Å². The molecule has 7 nitrogen and oxygen atoms in total. The molecule has 1 unspecified atom stereocenters. The smallest absolute Gasteiger partial charge is 0.309 e. The number of amides is 1. The summed E-state index contributed by atoms with van der Waals surface area (Å²) in [6, 6.07) is 5.32. The molecule has 132 valence electrons. The van der Waals surface area contributed by atoms with Crippen LogP contribution in [0.2, 0.25) is 0 Å². The highest BCUT2D eigenvalue weighted by atomic mass is 32.1. The van der Waals surface area contributed by atoms with Gasteiger partial charge in [-0.2, -0.15) is 5.26 Å². The van der Waals surface area contributed by atoms with E-state index in [1.165, 1.54) is 18.3 Å². The maximum Gasteiger partial charge on any atom is 0.309 e. The van der Waals surface area contributed by atoms with Gasteiger partial charge in [0.1, 0.15) is 5.92 Å². The van der Waals surface area contributed by atoms with Crippen molar-refractivity contribution in [1.82, 2.24) is 4.90 Å². The van der Waals surface area contributed by atoms with Crippen molar-refractivity contribution in [2.45, 2.75) is 19.8 Å². The van der Waals surface area contributed by atoms with Gasteiger partial charge in [-0.05, 0) is 31.2 Å². The van der Waals surface area contributed by atoms with Crippen molar-refractivity contribution >= 4 is 34.7 Å². The van der Waals surface area contributed by atoms with Gasteiger partial charge in [0.25, 0.3) is 5.91 Å². The summed E-state index contributed by atoms with van der Waals surface area (Å²) in [4.78, 5) is 38.5. The van der Waals surface area contributed by atoms with Crippen LogP contribution in [0.25, 0.3) is 0 Å². The molecule has 1 aromatic rings. The quantitative estimate of drug-likeness (QED) is 0.614. The molecule has 0 saturated carbocycles. The first-order valence-electron chi connectivity index (χ1n) is 7.90. The molecule has 1 aliphatic rings. The molecule has 0 spiro atoms. The minimum atomic E-state index is -1.17. The molecule has 1 saturated heterocycles. The fourth-order valence-electron chi connectivity index (χ4n) is 2.63. The summed E-state index contributed by atoms with van der Waals surface area (Å²) in [6.45, 7) is 1.80. The van der Waals surface area contributed by atoms with Gasteiger partial charge in [0, 0.05) is 18.8 Å². The molecule has 2 rings (SSSR count). The fourth-order valence-corrected chi connectivity index (χ4v) is 3.32. The van der Waals surface area contributed by atoms with Gasteiger partial charge in [0.05, 0.1) is 16.9 Å². The SMILES string of the molecule is CC(=N)C(C#N)C(=O)COC(=O)C1CCN(C(=O)c2cccs2)CC1. The number of hydrogen-bond donors (Lipinski definition) is 1. The standard InChI is InChI=1S/C17H19N3O4S/c1-11(19)13(9-18)14(21)10-24-17(23)12-4-6-20(7-5-12)16(22)15-3-2-8-25-15/h2-3,8,12-13,19H,4-7,10H2,1H3. The number of hydrogen-bond acceptors (Lipinski definition) is 7. The molecule has 2 heterocycles. The number of nitriles is 1. The van der Waals surface area contributed by atoms with Gasteiger partial charge in [-0.1, -0.05) is 6.07 Å². The number of thiophene rings is 1. The predicted molar refractivity (Wildman–Crippen MR) is 91.4 cm³/mol. The van der Waals surface area contributed by atoms with Gasteiger partial charge < -0.3 is 15.0 Å². The molecule has 1 fully saturated rings. The fraction of sp³-hybridized carbons (Fsp3) is 0.471. The number of carbonyl (C=O) groups excluding carboxylic acids is 3. The monoisotopic (exact) mass is 361 g/mol. The average Bonchev–Trinajstić information content (AvgIpc) is 3.14. The summed E-state index contributed by atoms with van der Waals surface area (Å²) >= 11 is 1.39. The first-order valence-corrected chi connectivity index (χ1v) is 8.78. The van der Waals surface area contributed by atoms with Crippen LogP contribution in [0.4, 0.5) is 0 Å². The third-order valence-corrected chi connectivity index (χ3v) is 4.95. The number of piperidine rings is 1. The lowest BCUT2D eigenvalue weighted by atomic mass is 9.96. The van der Waals surface area contributed by atoms with E-state index in [-0.39, 0.29) is 17.5 Å². The largest absolute Gasteiger partial charge is 0.457 e. The van der Waals surface area contributed by atoms with Crippen molar-refractivity contribution in [3.8, 4) is 6.07 Å². The van der Waals surface area contributed by atoms with Crippen LogP contribution < -0.4 is 0 Å². The molecular weight excluding hydrogens is 342 g/mol. The maximum absolute atomic E-state index is 12.2. The zero-order valence-electron chi connectivity index (χ0n) is 13.9. The lowest BCUT2D eigenvalue weighted by molar-refractivity contribution is -0.153. The predicted octanol–water partition coefficient (Wildman–Crippen LogP) is 1.89. The third kappa shape index (κ3) is 4.73. The Hall–Kier alpha value is -2.53. The van der Waals surface area contributed by atoms with Crippen LogP contribution in [0, 0.1) is 28.6 Å². The number of esters is 1. The molecule has 1 N–H and O–H groups in total. The minimum Gasteiger partial charge on any atom is -0.457 e. The lowest BCUT2D eigenvalue weighted by Gasteiger charge is -2.30. The Bertz CT molecular complexity index is 700. The lowest BCUT2D eigenvalue weighted by Crippen LogP contribution is -2.40. The summed E-state index contributed by atoms with van der Waals surface area (Å²) in [5.41, 5.74) is -0.0658. The van der Waals surface area contributed by atoms with Crippen LogP contribution in [0.5, 0.6) is 0 Å². The second-order valence-electron chi connectivity index (χ2n) is 5.86.